The van der Waals surface area contributed by atoms with Gasteiger partial charge in [-0.15, -0.1) is 11.3 Å². The van der Waals surface area contributed by atoms with Crippen molar-refractivity contribution >= 4 is 86.3 Å². The molecule has 0 N–H and O–H groups in total. The summed E-state index contributed by atoms with van der Waals surface area (Å²) in [5, 5.41) is 7.01. The molecule has 228 valence electrons. The van der Waals surface area contributed by atoms with Crippen LogP contribution in [0.2, 0.25) is 0 Å². The van der Waals surface area contributed by atoms with Crippen LogP contribution in [0.15, 0.2) is 162 Å². The van der Waals surface area contributed by atoms with Crippen LogP contribution >= 0.6 is 11.3 Å². The molecule has 0 aliphatic rings. The quantitative estimate of drug-likeness (QED) is 0.192. The van der Waals surface area contributed by atoms with Crippen LogP contribution in [0, 0.1) is 0 Å². The second kappa shape index (κ2) is 10.1. The number of pyridine rings is 1. The Hall–Kier alpha value is -6.23. The molecule has 0 bridgehead atoms. The van der Waals surface area contributed by atoms with Crippen molar-refractivity contribution < 1.29 is 4.42 Å². The molecule has 0 fully saturated rings. The van der Waals surface area contributed by atoms with E-state index in [-0.39, 0.29) is 0 Å². The summed E-state index contributed by atoms with van der Waals surface area (Å²) in [6, 6.07) is 56.5. The number of rotatable bonds is 3. The zero-order valence-electron chi connectivity index (χ0n) is 26.2. The fourth-order valence-corrected chi connectivity index (χ4v) is 9.04. The van der Waals surface area contributed by atoms with Crippen molar-refractivity contribution in [3.8, 4) is 27.9 Å². The zero-order valence-corrected chi connectivity index (χ0v) is 27.0. The lowest BCUT2D eigenvalue weighted by Gasteiger charge is -2.13. The Labute approximate surface area is 284 Å². The predicted molar refractivity (Wildman–Crippen MR) is 207 cm³/mol. The van der Waals surface area contributed by atoms with Crippen molar-refractivity contribution in [3.63, 3.8) is 0 Å². The lowest BCUT2D eigenvalue weighted by atomic mass is 9.96. The highest BCUT2D eigenvalue weighted by Crippen LogP contribution is 2.44. The van der Waals surface area contributed by atoms with Gasteiger partial charge in [0.25, 0.3) is 0 Å². The molecule has 0 atom stereocenters. The fourth-order valence-electron chi connectivity index (χ4n) is 7.82. The second-order valence-electron chi connectivity index (χ2n) is 12.7. The molecule has 0 aliphatic carbocycles. The normalized spacial score (nSPS) is 12.1. The molecule has 4 heterocycles. The minimum atomic E-state index is 0.915. The molecule has 7 aromatic carbocycles. The largest absolute Gasteiger partial charge is 0.455 e. The van der Waals surface area contributed by atoms with Gasteiger partial charge in [-0.3, -0.25) is 0 Å². The predicted octanol–water partition coefficient (Wildman–Crippen LogP) is 12.9. The zero-order chi connectivity index (χ0) is 32.1. The van der Waals surface area contributed by atoms with Crippen LogP contribution in [0.1, 0.15) is 0 Å². The first-order valence-electron chi connectivity index (χ1n) is 16.5. The van der Waals surface area contributed by atoms with Gasteiger partial charge >= 0.3 is 0 Å². The summed E-state index contributed by atoms with van der Waals surface area (Å²) in [5.41, 5.74) is 12.1. The maximum absolute atomic E-state index is 6.53. The van der Waals surface area contributed by atoms with Gasteiger partial charge in [0, 0.05) is 42.9 Å². The van der Waals surface area contributed by atoms with Gasteiger partial charge in [0.15, 0.2) is 0 Å². The van der Waals surface area contributed by atoms with Gasteiger partial charge in [0.1, 0.15) is 11.2 Å². The maximum atomic E-state index is 6.53. The van der Waals surface area contributed by atoms with Gasteiger partial charge in [-0.25, -0.2) is 4.98 Å². The molecular formula is C45H26N2OS. The van der Waals surface area contributed by atoms with Crippen molar-refractivity contribution in [3.05, 3.63) is 158 Å². The van der Waals surface area contributed by atoms with E-state index in [0.717, 1.165) is 55.1 Å². The van der Waals surface area contributed by atoms with Gasteiger partial charge in [-0.2, -0.15) is 0 Å². The summed E-state index contributed by atoms with van der Waals surface area (Å²) in [6.07, 6.45) is 0. The van der Waals surface area contributed by atoms with Crippen LogP contribution in [-0.4, -0.2) is 9.55 Å². The SMILES string of the molecule is c1cc(-c2cccc(-n3c4ccccc4c4c5oc6ccccc6c5ccc43)c2)cc(-c2c3ccccc3nc3c2sc2ccccc23)c1. The Kier molecular flexibility index (Phi) is 5.54. The molecular weight excluding hydrogens is 617 g/mol. The monoisotopic (exact) mass is 642 g/mol. The summed E-state index contributed by atoms with van der Waals surface area (Å²) < 4.78 is 11.4. The molecule has 0 spiro atoms. The Morgan fingerprint density at radius 1 is 0.510 bits per heavy atom. The molecule has 4 heteroatoms. The third kappa shape index (κ3) is 3.86. The van der Waals surface area contributed by atoms with Crippen LogP contribution in [0.4, 0.5) is 0 Å². The summed E-state index contributed by atoms with van der Waals surface area (Å²) >= 11 is 1.83. The Morgan fingerprint density at radius 3 is 2.14 bits per heavy atom. The summed E-state index contributed by atoms with van der Waals surface area (Å²) in [6.45, 7) is 0. The van der Waals surface area contributed by atoms with E-state index in [1.165, 1.54) is 47.8 Å². The molecule has 11 rings (SSSR count). The highest BCUT2D eigenvalue weighted by atomic mass is 32.1. The fraction of sp³-hybridized carbons (Fsp3) is 0. The van der Waals surface area contributed by atoms with Crippen molar-refractivity contribution in [1.29, 1.82) is 0 Å². The number of thiophene rings is 1. The topological polar surface area (TPSA) is 31.0 Å². The smallest absolute Gasteiger partial charge is 0.145 e. The van der Waals surface area contributed by atoms with E-state index in [0.29, 0.717) is 0 Å². The molecule has 3 nitrogen and oxygen atoms in total. The van der Waals surface area contributed by atoms with E-state index in [4.69, 9.17) is 9.40 Å². The number of furan rings is 1. The standard InChI is InChI=1S/C45H26N2OS/c1-5-19-36-33(16-1)41(45-43(46-36)35-18-4-8-22-40(35)49-45)29-13-9-11-27(25-29)28-12-10-14-30(26-28)47-37-20-6-2-17-34(37)42-38(47)24-23-32-31-15-3-7-21-39(31)48-44(32)42/h1-26H. The third-order valence-corrected chi connectivity index (χ3v) is 11.1. The molecule has 0 radical (unpaired) electrons. The number of nitrogens with zero attached hydrogens (tertiary/aromatic N) is 2. The molecule has 49 heavy (non-hydrogen) atoms. The molecule has 0 aliphatic heterocycles. The van der Waals surface area contributed by atoms with E-state index in [1.807, 2.05) is 17.4 Å². The van der Waals surface area contributed by atoms with E-state index >= 15 is 0 Å². The highest BCUT2D eigenvalue weighted by molar-refractivity contribution is 7.26. The first kappa shape index (κ1) is 26.8. The molecule has 0 saturated heterocycles. The first-order chi connectivity index (χ1) is 24.3. The van der Waals surface area contributed by atoms with Gasteiger partial charge in [-0.1, -0.05) is 103 Å². The second-order valence-corrected chi connectivity index (χ2v) is 13.8. The van der Waals surface area contributed by atoms with Crippen LogP contribution < -0.4 is 0 Å². The van der Waals surface area contributed by atoms with Crippen LogP contribution in [0.25, 0.3) is 103 Å². The summed E-state index contributed by atoms with van der Waals surface area (Å²) in [7, 11) is 0. The van der Waals surface area contributed by atoms with Crippen molar-refractivity contribution in [2.45, 2.75) is 0 Å². The van der Waals surface area contributed by atoms with Gasteiger partial charge in [-0.05, 0) is 71.3 Å². The Bertz CT molecular complexity index is 3120. The van der Waals surface area contributed by atoms with Crippen LogP contribution in [-0.2, 0) is 0 Å². The average molecular weight is 643 g/mol. The minimum absolute atomic E-state index is 0.915. The number of benzene rings is 7. The van der Waals surface area contributed by atoms with Gasteiger partial charge in [0.2, 0.25) is 0 Å². The number of hydrogen-bond donors (Lipinski definition) is 0. The molecule has 0 saturated carbocycles. The van der Waals surface area contributed by atoms with Gasteiger partial charge < -0.3 is 8.98 Å². The number of aromatic nitrogens is 2. The van der Waals surface area contributed by atoms with E-state index < -0.39 is 0 Å². The van der Waals surface area contributed by atoms with Crippen LogP contribution in [0.3, 0.4) is 0 Å². The highest BCUT2D eigenvalue weighted by Gasteiger charge is 2.20. The molecule has 0 unspecified atom stereocenters. The molecule has 11 aromatic rings. The molecule has 4 aromatic heterocycles. The lowest BCUT2D eigenvalue weighted by molar-refractivity contribution is 0.673. The Morgan fingerprint density at radius 2 is 1.22 bits per heavy atom. The number of para-hydroxylation sites is 3. The van der Waals surface area contributed by atoms with E-state index in [2.05, 4.69) is 156 Å². The number of fused-ring (bicyclic) bond motifs is 11. The third-order valence-electron chi connectivity index (χ3n) is 9.97. The van der Waals surface area contributed by atoms with E-state index in [9.17, 15) is 0 Å². The van der Waals surface area contributed by atoms with Crippen molar-refractivity contribution in [2.24, 2.45) is 0 Å². The summed E-state index contributed by atoms with van der Waals surface area (Å²) in [5.74, 6) is 0. The average Bonchev–Trinajstić information content (AvgIpc) is 3.83. The van der Waals surface area contributed by atoms with Crippen molar-refractivity contribution in [1.82, 2.24) is 9.55 Å². The van der Waals surface area contributed by atoms with Gasteiger partial charge in [0.05, 0.1) is 32.2 Å². The van der Waals surface area contributed by atoms with Crippen molar-refractivity contribution in [2.75, 3.05) is 0 Å². The summed E-state index contributed by atoms with van der Waals surface area (Å²) in [4.78, 5) is 5.15. The maximum Gasteiger partial charge on any atom is 0.145 e. The first-order valence-corrected chi connectivity index (χ1v) is 17.4. The minimum Gasteiger partial charge on any atom is -0.455 e. The van der Waals surface area contributed by atoms with Crippen LogP contribution in [0.5, 0.6) is 0 Å². The number of hydrogen-bond acceptors (Lipinski definition) is 3. The lowest BCUT2D eigenvalue weighted by Crippen LogP contribution is -1.94. The molecule has 0 amide bonds. The Balaban J connectivity index is 1.12. The van der Waals surface area contributed by atoms with E-state index in [1.54, 1.807) is 0 Å².